The van der Waals surface area contributed by atoms with Gasteiger partial charge in [-0.2, -0.15) is 0 Å². The van der Waals surface area contributed by atoms with Crippen LogP contribution in [0.3, 0.4) is 0 Å². The Hall–Kier alpha value is -1.51. The van der Waals surface area contributed by atoms with Crippen LogP contribution >= 0.6 is 0 Å². The van der Waals surface area contributed by atoms with Gasteiger partial charge in [0.05, 0.1) is 6.61 Å². The summed E-state index contributed by atoms with van der Waals surface area (Å²) in [7, 11) is 0. The summed E-state index contributed by atoms with van der Waals surface area (Å²) in [6, 6.07) is 7.19. The van der Waals surface area contributed by atoms with Gasteiger partial charge in [0.15, 0.2) is 0 Å². The molecule has 17 heavy (non-hydrogen) atoms. The molecule has 0 saturated carbocycles. The molecule has 1 unspecified atom stereocenters. The zero-order valence-corrected chi connectivity index (χ0v) is 10.5. The summed E-state index contributed by atoms with van der Waals surface area (Å²) in [6.45, 7) is 4.32. The fourth-order valence-corrected chi connectivity index (χ4v) is 1.68. The predicted octanol–water partition coefficient (Wildman–Crippen LogP) is 2.91. The Morgan fingerprint density at radius 2 is 2.00 bits per heavy atom. The van der Waals surface area contributed by atoms with Gasteiger partial charge in [0.1, 0.15) is 5.75 Å². The van der Waals surface area contributed by atoms with E-state index in [4.69, 9.17) is 9.84 Å². The molecule has 0 amide bonds. The van der Waals surface area contributed by atoms with Crippen LogP contribution in [0.2, 0.25) is 0 Å². The second-order valence-electron chi connectivity index (χ2n) is 4.32. The van der Waals surface area contributed by atoms with Crippen LogP contribution in [-0.2, 0) is 16.0 Å². The van der Waals surface area contributed by atoms with Gasteiger partial charge in [0, 0.05) is 6.42 Å². The van der Waals surface area contributed by atoms with Gasteiger partial charge in [0.25, 0.3) is 0 Å². The largest absolute Gasteiger partial charge is 0.508 e. The molecule has 1 aromatic carbocycles. The zero-order chi connectivity index (χ0) is 12.7. The van der Waals surface area contributed by atoms with Gasteiger partial charge < -0.3 is 9.84 Å². The first-order valence-electron chi connectivity index (χ1n) is 6.05. The lowest BCUT2D eigenvalue weighted by atomic mass is 9.98. The minimum Gasteiger partial charge on any atom is -0.508 e. The SMILES string of the molecule is CCOC(=O)CC(C)CCc1ccc(O)cc1. The molecule has 0 saturated heterocycles. The topological polar surface area (TPSA) is 46.5 Å². The lowest BCUT2D eigenvalue weighted by molar-refractivity contribution is -0.144. The third-order valence-electron chi connectivity index (χ3n) is 2.68. The average molecular weight is 236 g/mol. The van der Waals surface area contributed by atoms with Crippen molar-refractivity contribution >= 4 is 5.97 Å². The van der Waals surface area contributed by atoms with Crippen molar-refractivity contribution in [1.82, 2.24) is 0 Å². The highest BCUT2D eigenvalue weighted by molar-refractivity contribution is 5.69. The van der Waals surface area contributed by atoms with Gasteiger partial charge in [-0.05, 0) is 43.4 Å². The summed E-state index contributed by atoms with van der Waals surface area (Å²) < 4.78 is 4.91. The van der Waals surface area contributed by atoms with Crippen LogP contribution in [0.1, 0.15) is 32.3 Å². The van der Waals surface area contributed by atoms with E-state index in [9.17, 15) is 4.79 Å². The Morgan fingerprint density at radius 1 is 1.35 bits per heavy atom. The minimum atomic E-state index is -0.120. The first-order valence-corrected chi connectivity index (χ1v) is 6.05. The Labute approximate surface area is 102 Å². The van der Waals surface area contributed by atoms with Crippen LogP contribution in [0.5, 0.6) is 5.75 Å². The normalized spacial score (nSPS) is 12.1. The first kappa shape index (κ1) is 13.6. The summed E-state index contributed by atoms with van der Waals surface area (Å²) in [6.07, 6.45) is 2.34. The highest BCUT2D eigenvalue weighted by Gasteiger charge is 2.09. The van der Waals surface area contributed by atoms with Gasteiger partial charge in [-0.25, -0.2) is 0 Å². The van der Waals surface area contributed by atoms with Gasteiger partial charge in [0.2, 0.25) is 0 Å². The number of esters is 1. The molecule has 0 spiro atoms. The van der Waals surface area contributed by atoms with Gasteiger partial charge in [-0.1, -0.05) is 19.1 Å². The minimum absolute atomic E-state index is 0.120. The number of carbonyl (C=O) groups is 1. The lowest BCUT2D eigenvalue weighted by Crippen LogP contribution is -2.10. The second-order valence-corrected chi connectivity index (χ2v) is 4.32. The molecule has 0 fully saturated rings. The maximum Gasteiger partial charge on any atom is 0.306 e. The first-order chi connectivity index (χ1) is 8.11. The fourth-order valence-electron chi connectivity index (χ4n) is 1.68. The molecule has 0 aromatic heterocycles. The number of phenolic OH excluding ortho intramolecular Hbond substituents is 1. The Balaban J connectivity index is 2.30. The third-order valence-corrected chi connectivity index (χ3v) is 2.68. The number of carbonyl (C=O) groups excluding carboxylic acids is 1. The summed E-state index contributed by atoms with van der Waals surface area (Å²) >= 11 is 0. The number of hydrogen-bond donors (Lipinski definition) is 1. The Bertz CT molecular complexity index is 343. The van der Waals surface area contributed by atoms with Crippen LogP contribution < -0.4 is 0 Å². The van der Waals surface area contributed by atoms with Crippen molar-refractivity contribution in [2.24, 2.45) is 5.92 Å². The van der Waals surface area contributed by atoms with Gasteiger partial charge >= 0.3 is 5.97 Å². The molecule has 1 N–H and O–H groups in total. The number of aromatic hydroxyl groups is 1. The number of phenols is 1. The maximum atomic E-state index is 11.3. The van der Waals surface area contributed by atoms with Crippen LogP contribution in [0.15, 0.2) is 24.3 Å². The van der Waals surface area contributed by atoms with Crippen molar-refractivity contribution in [2.45, 2.75) is 33.1 Å². The summed E-state index contributed by atoms with van der Waals surface area (Å²) in [5.41, 5.74) is 1.18. The van der Waals surface area contributed by atoms with Crippen LogP contribution in [0, 0.1) is 5.92 Å². The van der Waals surface area contributed by atoms with Crippen molar-refractivity contribution < 1.29 is 14.6 Å². The second kappa shape index (κ2) is 6.94. The molecule has 1 aromatic rings. The molecule has 3 heteroatoms. The summed E-state index contributed by atoms with van der Waals surface area (Å²) in [5.74, 6) is 0.488. The van der Waals surface area contributed by atoms with E-state index in [-0.39, 0.29) is 11.7 Å². The van der Waals surface area contributed by atoms with Crippen molar-refractivity contribution in [3.8, 4) is 5.75 Å². The van der Waals surface area contributed by atoms with Gasteiger partial charge in [-0.3, -0.25) is 4.79 Å². The van der Waals surface area contributed by atoms with Crippen LogP contribution in [0.4, 0.5) is 0 Å². The molecule has 0 bridgehead atoms. The molecule has 94 valence electrons. The van der Waals surface area contributed by atoms with E-state index < -0.39 is 0 Å². The highest BCUT2D eigenvalue weighted by Crippen LogP contribution is 2.15. The average Bonchev–Trinajstić information content (AvgIpc) is 2.28. The summed E-state index contributed by atoms with van der Waals surface area (Å²) in [5, 5.41) is 9.15. The zero-order valence-electron chi connectivity index (χ0n) is 10.5. The highest BCUT2D eigenvalue weighted by atomic mass is 16.5. The van der Waals surface area contributed by atoms with E-state index in [2.05, 4.69) is 6.92 Å². The van der Waals surface area contributed by atoms with Crippen molar-refractivity contribution in [1.29, 1.82) is 0 Å². The molecule has 1 rings (SSSR count). The number of rotatable bonds is 6. The Kier molecular flexibility index (Phi) is 5.53. The van der Waals surface area contributed by atoms with Gasteiger partial charge in [-0.15, -0.1) is 0 Å². The molecule has 3 nitrogen and oxygen atoms in total. The molecular formula is C14H20O3. The maximum absolute atomic E-state index is 11.3. The smallest absolute Gasteiger partial charge is 0.306 e. The molecule has 0 aliphatic rings. The van der Waals surface area contributed by atoms with E-state index in [1.807, 2.05) is 19.1 Å². The van der Waals surface area contributed by atoms with Crippen molar-refractivity contribution in [3.05, 3.63) is 29.8 Å². The van der Waals surface area contributed by atoms with E-state index >= 15 is 0 Å². The number of hydrogen-bond acceptors (Lipinski definition) is 3. The fraction of sp³-hybridized carbons (Fsp3) is 0.500. The number of aryl methyl sites for hydroxylation is 1. The summed E-state index contributed by atoms with van der Waals surface area (Å²) in [4.78, 5) is 11.3. The van der Waals surface area contributed by atoms with E-state index in [1.54, 1.807) is 12.1 Å². The van der Waals surface area contributed by atoms with E-state index in [0.717, 1.165) is 12.8 Å². The monoisotopic (exact) mass is 236 g/mol. The molecular weight excluding hydrogens is 216 g/mol. The number of benzene rings is 1. The number of ether oxygens (including phenoxy) is 1. The van der Waals surface area contributed by atoms with E-state index in [0.29, 0.717) is 18.9 Å². The molecule has 0 aliphatic carbocycles. The Morgan fingerprint density at radius 3 is 2.59 bits per heavy atom. The molecule has 1 atom stereocenters. The van der Waals surface area contributed by atoms with Crippen molar-refractivity contribution in [3.63, 3.8) is 0 Å². The molecule has 0 aliphatic heterocycles. The lowest BCUT2D eigenvalue weighted by Gasteiger charge is -2.10. The van der Waals surface area contributed by atoms with Crippen LogP contribution in [-0.4, -0.2) is 17.7 Å². The molecule has 0 radical (unpaired) electrons. The third kappa shape index (κ3) is 5.38. The quantitative estimate of drug-likeness (QED) is 0.772. The van der Waals surface area contributed by atoms with Crippen LogP contribution in [0.25, 0.3) is 0 Å². The molecule has 0 heterocycles. The standard InChI is InChI=1S/C14H20O3/c1-3-17-14(16)10-11(2)4-5-12-6-8-13(15)9-7-12/h6-9,11,15H,3-5,10H2,1-2H3. The van der Waals surface area contributed by atoms with E-state index in [1.165, 1.54) is 5.56 Å². The predicted molar refractivity (Wildman–Crippen MR) is 66.8 cm³/mol. The van der Waals surface area contributed by atoms with Crippen molar-refractivity contribution in [2.75, 3.05) is 6.61 Å².